The molecule has 1 aromatic carbocycles. The fraction of sp³-hybridized carbons (Fsp3) is 0.429. The molecule has 8 heteroatoms. The zero-order chi connectivity index (χ0) is 19.8. The number of likely N-dealkylation sites (tertiary alicyclic amines) is 1. The number of nitrogens with two attached hydrogens (primary N) is 1. The molecule has 0 bridgehead atoms. The first-order chi connectivity index (χ1) is 13.7. The predicted molar refractivity (Wildman–Crippen MR) is 126 cm³/mol. The summed E-state index contributed by atoms with van der Waals surface area (Å²) in [4.78, 5) is 11.2. The Balaban J connectivity index is 0.00000300. The van der Waals surface area contributed by atoms with Gasteiger partial charge in [0.2, 0.25) is 5.88 Å². The van der Waals surface area contributed by atoms with Crippen LogP contribution < -0.4 is 20.5 Å². The molecule has 1 fully saturated rings. The maximum absolute atomic E-state index is 6.01. The van der Waals surface area contributed by atoms with E-state index in [1.807, 2.05) is 36.4 Å². The summed E-state index contributed by atoms with van der Waals surface area (Å²) < 4.78 is 10.9. The average Bonchev–Trinajstić information content (AvgIpc) is 3.19. The number of aliphatic imine (C=N–C) groups is 1. The molecule has 1 saturated heterocycles. The second kappa shape index (κ2) is 11.8. The third-order valence-corrected chi connectivity index (χ3v) is 4.92. The molecule has 1 aromatic heterocycles. The summed E-state index contributed by atoms with van der Waals surface area (Å²) >= 11 is 0. The van der Waals surface area contributed by atoms with Crippen molar-refractivity contribution < 1.29 is 9.47 Å². The summed E-state index contributed by atoms with van der Waals surface area (Å²) in [7, 11) is 1.63. The first-order valence-electron chi connectivity index (χ1n) is 9.72. The van der Waals surface area contributed by atoms with Crippen LogP contribution in [0.25, 0.3) is 0 Å². The van der Waals surface area contributed by atoms with E-state index in [9.17, 15) is 0 Å². The number of hydrogen-bond acceptors (Lipinski definition) is 5. The first-order valence-corrected chi connectivity index (χ1v) is 9.72. The number of halogens is 1. The minimum absolute atomic E-state index is 0. The zero-order valence-corrected chi connectivity index (χ0v) is 19.3. The maximum atomic E-state index is 6.01. The van der Waals surface area contributed by atoms with Crippen molar-refractivity contribution in [3.63, 3.8) is 0 Å². The van der Waals surface area contributed by atoms with Gasteiger partial charge in [0, 0.05) is 30.9 Å². The van der Waals surface area contributed by atoms with Gasteiger partial charge in [-0.25, -0.2) is 9.98 Å². The summed E-state index contributed by atoms with van der Waals surface area (Å²) in [6.45, 7) is 5.78. The highest BCUT2D eigenvalue weighted by Gasteiger charge is 2.22. The molecule has 2 aromatic rings. The van der Waals surface area contributed by atoms with E-state index in [0.29, 0.717) is 30.2 Å². The number of nitrogens with zero attached hydrogens (tertiary/aromatic N) is 3. The third kappa shape index (κ3) is 7.04. The highest BCUT2D eigenvalue weighted by Crippen LogP contribution is 2.23. The molecule has 0 radical (unpaired) electrons. The van der Waals surface area contributed by atoms with E-state index in [2.05, 4.69) is 27.1 Å². The first kappa shape index (κ1) is 23.2. The summed E-state index contributed by atoms with van der Waals surface area (Å²) in [5.74, 6) is 2.41. The number of likely N-dealkylation sites (N-methyl/N-ethyl adjacent to an activating group) is 1. The predicted octanol–water partition coefficient (Wildman–Crippen LogP) is 3.39. The van der Waals surface area contributed by atoms with Gasteiger partial charge in [0.15, 0.2) is 5.96 Å². The van der Waals surface area contributed by atoms with Crippen LogP contribution in [0.1, 0.15) is 25.3 Å². The molecule has 1 unspecified atom stereocenters. The van der Waals surface area contributed by atoms with Crippen LogP contribution in [0.3, 0.4) is 0 Å². The van der Waals surface area contributed by atoms with Crippen LogP contribution in [0.2, 0.25) is 0 Å². The lowest BCUT2D eigenvalue weighted by atomic mass is 10.2. The lowest BCUT2D eigenvalue weighted by molar-refractivity contribution is 0.267. The van der Waals surface area contributed by atoms with Gasteiger partial charge in [-0.3, -0.25) is 4.90 Å². The molecule has 1 aliphatic rings. The number of methoxy groups -OCH3 is 1. The quantitative estimate of drug-likeness (QED) is 0.321. The average molecular weight is 511 g/mol. The number of rotatable bonds is 8. The molecule has 29 heavy (non-hydrogen) atoms. The molecule has 2 heterocycles. The Bertz CT molecular complexity index is 785. The van der Waals surface area contributed by atoms with Crippen molar-refractivity contribution >= 4 is 29.9 Å². The van der Waals surface area contributed by atoms with Crippen LogP contribution in [0.5, 0.6) is 17.4 Å². The van der Waals surface area contributed by atoms with E-state index >= 15 is 0 Å². The van der Waals surface area contributed by atoms with Crippen molar-refractivity contribution in [3.8, 4) is 17.4 Å². The SMILES string of the molecule is CCN1CCCC1CNC(N)=NCc1ccc(Oc2cccc(OC)c2)nc1.I. The van der Waals surface area contributed by atoms with Crippen molar-refractivity contribution in [1.82, 2.24) is 15.2 Å². The Hall–Kier alpha value is -2.07. The van der Waals surface area contributed by atoms with Crippen molar-refractivity contribution in [3.05, 3.63) is 48.2 Å². The van der Waals surface area contributed by atoms with E-state index in [4.69, 9.17) is 15.2 Å². The molecule has 0 saturated carbocycles. The van der Waals surface area contributed by atoms with Gasteiger partial charge in [0.25, 0.3) is 0 Å². The van der Waals surface area contributed by atoms with E-state index in [-0.39, 0.29) is 24.0 Å². The normalized spacial score (nSPS) is 16.9. The second-order valence-corrected chi connectivity index (χ2v) is 6.79. The molecular weight excluding hydrogens is 481 g/mol. The van der Waals surface area contributed by atoms with Crippen molar-refractivity contribution in [2.75, 3.05) is 26.7 Å². The lowest BCUT2D eigenvalue weighted by Crippen LogP contribution is -2.42. The molecule has 1 aliphatic heterocycles. The minimum Gasteiger partial charge on any atom is -0.497 e. The van der Waals surface area contributed by atoms with Crippen LogP contribution in [-0.4, -0.2) is 48.6 Å². The fourth-order valence-electron chi connectivity index (χ4n) is 3.35. The number of guanidine groups is 1. The molecule has 3 N–H and O–H groups in total. The highest BCUT2D eigenvalue weighted by molar-refractivity contribution is 14.0. The zero-order valence-electron chi connectivity index (χ0n) is 17.0. The van der Waals surface area contributed by atoms with E-state index in [1.54, 1.807) is 13.3 Å². The van der Waals surface area contributed by atoms with E-state index in [1.165, 1.54) is 19.4 Å². The van der Waals surface area contributed by atoms with Gasteiger partial charge in [-0.2, -0.15) is 0 Å². The largest absolute Gasteiger partial charge is 0.497 e. The van der Waals surface area contributed by atoms with Crippen LogP contribution in [0, 0.1) is 0 Å². The summed E-state index contributed by atoms with van der Waals surface area (Å²) in [6, 6.07) is 11.7. The summed E-state index contributed by atoms with van der Waals surface area (Å²) in [5.41, 5.74) is 6.98. The number of benzene rings is 1. The monoisotopic (exact) mass is 511 g/mol. The molecule has 0 aliphatic carbocycles. The van der Waals surface area contributed by atoms with Gasteiger partial charge in [-0.1, -0.05) is 19.1 Å². The van der Waals surface area contributed by atoms with Crippen LogP contribution in [-0.2, 0) is 6.54 Å². The summed E-state index contributed by atoms with van der Waals surface area (Å²) in [5, 5.41) is 3.24. The second-order valence-electron chi connectivity index (χ2n) is 6.79. The molecule has 0 spiro atoms. The highest BCUT2D eigenvalue weighted by atomic mass is 127. The van der Waals surface area contributed by atoms with Gasteiger partial charge in [0.1, 0.15) is 11.5 Å². The summed E-state index contributed by atoms with van der Waals surface area (Å²) in [6.07, 6.45) is 4.22. The molecular formula is C21H30IN5O2. The fourth-order valence-corrected chi connectivity index (χ4v) is 3.35. The Morgan fingerprint density at radius 3 is 2.86 bits per heavy atom. The van der Waals surface area contributed by atoms with E-state index < -0.39 is 0 Å². The topological polar surface area (TPSA) is 85.0 Å². The molecule has 0 amide bonds. The molecule has 158 valence electrons. The maximum Gasteiger partial charge on any atom is 0.219 e. The molecule has 3 rings (SSSR count). The van der Waals surface area contributed by atoms with Gasteiger partial charge in [-0.05, 0) is 43.6 Å². The number of nitrogens with one attached hydrogen (secondary N) is 1. The van der Waals surface area contributed by atoms with Crippen molar-refractivity contribution in [2.45, 2.75) is 32.4 Å². The van der Waals surface area contributed by atoms with Crippen molar-refractivity contribution in [2.24, 2.45) is 10.7 Å². The Labute approximate surface area is 189 Å². The Morgan fingerprint density at radius 1 is 1.31 bits per heavy atom. The molecule has 1 atom stereocenters. The van der Waals surface area contributed by atoms with Gasteiger partial charge >= 0.3 is 0 Å². The Kier molecular flexibility index (Phi) is 9.46. The van der Waals surface area contributed by atoms with Crippen LogP contribution in [0.4, 0.5) is 0 Å². The molecule has 7 nitrogen and oxygen atoms in total. The smallest absolute Gasteiger partial charge is 0.219 e. The number of aromatic nitrogens is 1. The number of hydrogen-bond donors (Lipinski definition) is 2. The minimum atomic E-state index is 0. The van der Waals surface area contributed by atoms with Crippen LogP contribution in [0.15, 0.2) is 47.6 Å². The van der Waals surface area contributed by atoms with E-state index in [0.717, 1.165) is 24.4 Å². The number of ether oxygens (including phenoxy) is 2. The van der Waals surface area contributed by atoms with Gasteiger partial charge < -0.3 is 20.5 Å². The standard InChI is InChI=1S/C21H29N5O2.HI/c1-3-26-11-5-6-17(26)15-25-21(22)24-14-16-9-10-20(23-13-16)28-19-8-4-7-18(12-19)27-2;/h4,7-10,12-13,17H,3,5-6,11,14-15H2,1-2H3,(H3,22,24,25);1H. The van der Waals surface area contributed by atoms with Gasteiger partial charge in [-0.15, -0.1) is 24.0 Å². The van der Waals surface area contributed by atoms with Crippen molar-refractivity contribution in [1.29, 1.82) is 0 Å². The number of pyridine rings is 1. The third-order valence-electron chi connectivity index (χ3n) is 4.92. The van der Waals surface area contributed by atoms with Gasteiger partial charge in [0.05, 0.1) is 13.7 Å². The van der Waals surface area contributed by atoms with Crippen LogP contribution >= 0.6 is 24.0 Å². The Morgan fingerprint density at radius 2 is 2.14 bits per heavy atom. The lowest BCUT2D eigenvalue weighted by Gasteiger charge is -2.23.